The van der Waals surface area contributed by atoms with Gasteiger partial charge >= 0.3 is 0 Å². The zero-order valence-corrected chi connectivity index (χ0v) is 11.4. The van der Waals surface area contributed by atoms with Gasteiger partial charge in [-0.15, -0.1) is 0 Å². The molecule has 0 radical (unpaired) electrons. The average Bonchev–Trinajstić information content (AvgIpc) is 2.48. The van der Waals surface area contributed by atoms with Crippen molar-refractivity contribution in [3.63, 3.8) is 0 Å². The number of hydrogen-bond acceptors (Lipinski definition) is 2. The Kier molecular flexibility index (Phi) is 3.45. The number of hydrogen-bond donors (Lipinski definition) is 1. The van der Waals surface area contributed by atoms with Crippen molar-refractivity contribution >= 4 is 0 Å². The lowest BCUT2D eigenvalue weighted by Gasteiger charge is -2.34. The highest BCUT2D eigenvalue weighted by atomic mass is 19.1. The first-order valence-electron chi connectivity index (χ1n) is 6.92. The zero-order valence-electron chi connectivity index (χ0n) is 11.4. The number of benzene rings is 2. The molecule has 2 unspecified atom stereocenters. The largest absolute Gasteiger partial charge is 0.489 e. The van der Waals surface area contributed by atoms with Crippen molar-refractivity contribution in [1.82, 2.24) is 0 Å². The van der Waals surface area contributed by atoms with Gasteiger partial charge in [-0.2, -0.15) is 0 Å². The molecule has 0 saturated heterocycles. The van der Waals surface area contributed by atoms with Crippen molar-refractivity contribution in [3.05, 3.63) is 65.5 Å². The second-order valence-corrected chi connectivity index (χ2v) is 5.38. The number of halogens is 1. The third kappa shape index (κ3) is 2.41. The number of ether oxygens (including phenoxy) is 1. The van der Waals surface area contributed by atoms with E-state index in [2.05, 4.69) is 19.1 Å². The Hall–Kier alpha value is -1.87. The van der Waals surface area contributed by atoms with E-state index in [-0.39, 0.29) is 23.9 Å². The molecule has 0 aliphatic carbocycles. The molecule has 0 fully saturated rings. The summed E-state index contributed by atoms with van der Waals surface area (Å²) < 4.78 is 19.3. The Morgan fingerprint density at radius 1 is 1.20 bits per heavy atom. The highest BCUT2D eigenvalue weighted by Crippen LogP contribution is 2.38. The van der Waals surface area contributed by atoms with Crippen molar-refractivity contribution in [2.24, 2.45) is 5.73 Å². The SMILES string of the molecule is CC(c1ccccc1)C1C[C@H](N)c2cc(F)ccc2O1. The van der Waals surface area contributed by atoms with E-state index >= 15 is 0 Å². The van der Waals surface area contributed by atoms with Gasteiger partial charge in [0.1, 0.15) is 17.7 Å². The molecule has 3 atom stereocenters. The van der Waals surface area contributed by atoms with Crippen LogP contribution in [0.3, 0.4) is 0 Å². The van der Waals surface area contributed by atoms with Crippen LogP contribution in [0.5, 0.6) is 5.75 Å². The third-order valence-electron chi connectivity index (χ3n) is 4.02. The van der Waals surface area contributed by atoms with E-state index in [9.17, 15) is 4.39 Å². The van der Waals surface area contributed by atoms with Crippen molar-refractivity contribution in [2.75, 3.05) is 0 Å². The van der Waals surface area contributed by atoms with E-state index in [0.717, 1.165) is 5.56 Å². The highest BCUT2D eigenvalue weighted by molar-refractivity contribution is 5.39. The lowest BCUT2D eigenvalue weighted by atomic mass is 9.87. The summed E-state index contributed by atoms with van der Waals surface area (Å²) in [4.78, 5) is 0. The van der Waals surface area contributed by atoms with Gasteiger partial charge in [0.15, 0.2) is 0 Å². The summed E-state index contributed by atoms with van der Waals surface area (Å²) in [5, 5.41) is 0. The van der Waals surface area contributed by atoms with Crippen LogP contribution in [0.15, 0.2) is 48.5 Å². The summed E-state index contributed by atoms with van der Waals surface area (Å²) in [6.45, 7) is 2.14. The summed E-state index contributed by atoms with van der Waals surface area (Å²) in [5.41, 5.74) is 8.17. The Labute approximate surface area is 118 Å². The fourth-order valence-corrected chi connectivity index (χ4v) is 2.78. The lowest BCUT2D eigenvalue weighted by Crippen LogP contribution is -2.33. The second-order valence-electron chi connectivity index (χ2n) is 5.38. The standard InChI is InChI=1S/C17H18FNO/c1-11(12-5-3-2-4-6-12)17-10-15(19)14-9-13(18)7-8-16(14)20-17/h2-9,11,15,17H,10,19H2,1H3/t11?,15-,17?/m0/s1. The molecule has 0 spiro atoms. The van der Waals surface area contributed by atoms with Gasteiger partial charge in [-0.3, -0.25) is 0 Å². The minimum absolute atomic E-state index is 0.0189. The molecule has 0 aromatic heterocycles. The fourth-order valence-electron chi connectivity index (χ4n) is 2.78. The van der Waals surface area contributed by atoms with Gasteiger partial charge in [-0.1, -0.05) is 37.3 Å². The Bertz CT molecular complexity index is 599. The minimum atomic E-state index is -0.266. The van der Waals surface area contributed by atoms with Gasteiger partial charge in [0.25, 0.3) is 0 Å². The molecule has 1 aliphatic heterocycles. The molecular weight excluding hydrogens is 253 g/mol. The van der Waals surface area contributed by atoms with Crippen LogP contribution in [0.1, 0.15) is 36.4 Å². The molecule has 2 nitrogen and oxygen atoms in total. The quantitative estimate of drug-likeness (QED) is 0.902. The van der Waals surface area contributed by atoms with Gasteiger partial charge < -0.3 is 10.5 Å². The molecular formula is C17H18FNO. The third-order valence-corrected chi connectivity index (χ3v) is 4.02. The second kappa shape index (κ2) is 5.25. The maximum absolute atomic E-state index is 13.3. The Balaban J connectivity index is 1.86. The van der Waals surface area contributed by atoms with E-state index in [4.69, 9.17) is 10.5 Å². The molecule has 2 aromatic rings. The van der Waals surface area contributed by atoms with E-state index in [1.165, 1.54) is 17.7 Å². The molecule has 0 bridgehead atoms. The molecule has 104 valence electrons. The molecule has 3 heteroatoms. The van der Waals surface area contributed by atoms with Crippen LogP contribution in [0.4, 0.5) is 4.39 Å². The smallest absolute Gasteiger partial charge is 0.124 e. The van der Waals surface area contributed by atoms with Crippen LogP contribution in [-0.2, 0) is 0 Å². The predicted molar refractivity (Wildman–Crippen MR) is 77.2 cm³/mol. The van der Waals surface area contributed by atoms with Crippen LogP contribution in [0.2, 0.25) is 0 Å². The van der Waals surface area contributed by atoms with Gasteiger partial charge in [0.2, 0.25) is 0 Å². The molecule has 3 rings (SSSR count). The Morgan fingerprint density at radius 2 is 1.95 bits per heavy atom. The molecule has 1 aliphatic rings. The van der Waals surface area contributed by atoms with Crippen LogP contribution in [-0.4, -0.2) is 6.10 Å². The number of rotatable bonds is 2. The normalized spacial score (nSPS) is 22.8. The van der Waals surface area contributed by atoms with Crippen molar-refractivity contribution in [3.8, 4) is 5.75 Å². The lowest BCUT2D eigenvalue weighted by molar-refractivity contribution is 0.136. The van der Waals surface area contributed by atoms with E-state index < -0.39 is 0 Å². The van der Waals surface area contributed by atoms with Crippen molar-refractivity contribution < 1.29 is 9.13 Å². The predicted octanol–water partition coefficient (Wildman–Crippen LogP) is 3.78. The van der Waals surface area contributed by atoms with Gasteiger partial charge in [-0.25, -0.2) is 4.39 Å². The first kappa shape index (κ1) is 13.1. The van der Waals surface area contributed by atoms with Crippen LogP contribution in [0, 0.1) is 5.82 Å². The van der Waals surface area contributed by atoms with Gasteiger partial charge in [0, 0.05) is 23.9 Å². The summed E-state index contributed by atoms with van der Waals surface area (Å²) in [6.07, 6.45) is 0.720. The average molecular weight is 271 g/mol. The molecule has 2 aromatic carbocycles. The molecule has 20 heavy (non-hydrogen) atoms. The first-order chi connectivity index (χ1) is 9.65. The van der Waals surface area contributed by atoms with Gasteiger partial charge in [-0.05, 0) is 23.8 Å². The summed E-state index contributed by atoms with van der Waals surface area (Å²) in [7, 11) is 0. The maximum Gasteiger partial charge on any atom is 0.124 e. The summed E-state index contributed by atoms with van der Waals surface area (Å²) in [6, 6.07) is 14.6. The number of nitrogens with two attached hydrogens (primary N) is 1. The maximum atomic E-state index is 13.3. The summed E-state index contributed by atoms with van der Waals surface area (Å²) >= 11 is 0. The minimum Gasteiger partial charge on any atom is -0.489 e. The molecule has 1 heterocycles. The van der Waals surface area contributed by atoms with Crippen LogP contribution < -0.4 is 10.5 Å². The Morgan fingerprint density at radius 3 is 2.70 bits per heavy atom. The molecule has 0 amide bonds. The first-order valence-corrected chi connectivity index (χ1v) is 6.92. The van der Waals surface area contributed by atoms with Crippen molar-refractivity contribution in [2.45, 2.75) is 31.4 Å². The van der Waals surface area contributed by atoms with Gasteiger partial charge in [0.05, 0.1) is 0 Å². The van der Waals surface area contributed by atoms with E-state index in [1.807, 2.05) is 18.2 Å². The number of fused-ring (bicyclic) bond motifs is 1. The topological polar surface area (TPSA) is 35.2 Å². The highest BCUT2D eigenvalue weighted by Gasteiger charge is 2.30. The molecule has 2 N–H and O–H groups in total. The zero-order chi connectivity index (χ0) is 14.1. The van der Waals surface area contributed by atoms with Crippen LogP contribution in [0.25, 0.3) is 0 Å². The van der Waals surface area contributed by atoms with E-state index in [0.29, 0.717) is 12.2 Å². The van der Waals surface area contributed by atoms with Crippen LogP contribution >= 0.6 is 0 Å². The van der Waals surface area contributed by atoms with Crippen molar-refractivity contribution in [1.29, 1.82) is 0 Å². The monoisotopic (exact) mass is 271 g/mol. The fraction of sp³-hybridized carbons (Fsp3) is 0.294. The molecule has 0 saturated carbocycles. The summed E-state index contributed by atoms with van der Waals surface area (Å²) in [5.74, 6) is 0.691. The van der Waals surface area contributed by atoms with E-state index in [1.54, 1.807) is 6.07 Å².